The van der Waals surface area contributed by atoms with Crippen LogP contribution in [0.3, 0.4) is 0 Å². The molecule has 0 amide bonds. The van der Waals surface area contributed by atoms with Crippen molar-refractivity contribution in [2.45, 2.75) is 6.61 Å². The van der Waals surface area contributed by atoms with Gasteiger partial charge in [-0.1, -0.05) is 29.8 Å². The van der Waals surface area contributed by atoms with Gasteiger partial charge in [-0.2, -0.15) is 0 Å². The number of carbonyl (C=O) groups is 1. The van der Waals surface area contributed by atoms with Crippen LogP contribution in [0.1, 0.15) is 16.7 Å². The molecule has 0 N–H and O–H groups in total. The number of halogens is 5. The van der Waals surface area contributed by atoms with Crippen LogP contribution in [0.4, 0.5) is 0 Å². The second kappa shape index (κ2) is 10.4. The van der Waals surface area contributed by atoms with Crippen LogP contribution < -0.4 is 4.74 Å². The summed E-state index contributed by atoms with van der Waals surface area (Å²) in [6.45, 7) is 0.322. The van der Waals surface area contributed by atoms with Gasteiger partial charge in [0.2, 0.25) is 5.90 Å². The van der Waals surface area contributed by atoms with Gasteiger partial charge < -0.3 is 9.47 Å². The first-order valence-corrected chi connectivity index (χ1v) is 13.0. The van der Waals surface area contributed by atoms with Crippen molar-refractivity contribution in [1.82, 2.24) is 0 Å². The van der Waals surface area contributed by atoms with E-state index in [4.69, 9.17) is 21.1 Å². The van der Waals surface area contributed by atoms with Crippen molar-refractivity contribution in [1.29, 1.82) is 0 Å². The number of esters is 1. The quantitative estimate of drug-likeness (QED) is 0.150. The largest absolute Gasteiger partial charge is 0.486 e. The first-order valence-electron chi connectivity index (χ1n) is 9.15. The van der Waals surface area contributed by atoms with Gasteiger partial charge in [0.25, 0.3) is 0 Å². The number of cyclic esters (lactones) is 1. The summed E-state index contributed by atoms with van der Waals surface area (Å²) in [4.78, 5) is 16.7. The zero-order chi connectivity index (χ0) is 22.8. The van der Waals surface area contributed by atoms with Crippen molar-refractivity contribution in [3.05, 3.63) is 99.0 Å². The van der Waals surface area contributed by atoms with Gasteiger partial charge in [-0.15, -0.1) is 0 Å². The maximum absolute atomic E-state index is 12.4. The number of benzene rings is 3. The molecule has 0 fully saturated rings. The Bertz CT molecular complexity index is 1270. The normalized spacial score (nSPS) is 14.5. The summed E-state index contributed by atoms with van der Waals surface area (Å²) >= 11 is 19.0. The van der Waals surface area contributed by atoms with E-state index in [9.17, 15) is 4.79 Å². The number of aliphatic imine (C=N–C) groups is 1. The fraction of sp³-hybridized carbons (Fsp3) is 0.0435. The van der Waals surface area contributed by atoms with Gasteiger partial charge in [-0.25, -0.2) is 9.79 Å². The predicted molar refractivity (Wildman–Crippen MR) is 145 cm³/mol. The first-order chi connectivity index (χ1) is 15.3. The standard InChI is InChI=1S/C23H12Br3ClINO3/c24-15-10-13(5-6-19(15)28)22-29-20(23(30)32-22)9-12-7-16(25)21(17(26)8-12)31-11-14-3-1-2-4-18(14)27/h1-10H,11H2/b20-9-. The Morgan fingerprint density at radius 2 is 1.75 bits per heavy atom. The third-order valence-electron chi connectivity index (χ3n) is 4.44. The summed E-state index contributed by atoms with van der Waals surface area (Å²) in [5.74, 6) is 0.408. The number of hydrogen-bond acceptors (Lipinski definition) is 4. The Kier molecular flexibility index (Phi) is 7.77. The summed E-state index contributed by atoms with van der Waals surface area (Å²) in [5.41, 5.74) is 2.59. The van der Waals surface area contributed by atoms with Crippen LogP contribution in [-0.2, 0) is 16.1 Å². The Hall–Kier alpha value is -1.20. The molecule has 0 unspecified atom stereocenters. The number of ether oxygens (including phenoxy) is 2. The highest BCUT2D eigenvalue weighted by Crippen LogP contribution is 2.36. The first kappa shape index (κ1) is 23.9. The minimum Gasteiger partial charge on any atom is -0.486 e. The molecule has 4 nitrogen and oxygen atoms in total. The van der Waals surface area contributed by atoms with Crippen molar-refractivity contribution in [3.8, 4) is 5.75 Å². The average molecular weight is 752 g/mol. The van der Waals surface area contributed by atoms with Crippen molar-refractivity contribution in [2.24, 2.45) is 4.99 Å². The van der Waals surface area contributed by atoms with E-state index >= 15 is 0 Å². The Balaban J connectivity index is 1.57. The SMILES string of the molecule is O=C1OC(c2ccc(I)c(Br)c2)=N/C1=C\c1cc(Br)c(OCc2ccccc2Cl)c(Br)c1. The number of hydrogen-bond donors (Lipinski definition) is 0. The maximum atomic E-state index is 12.4. The monoisotopic (exact) mass is 749 g/mol. The van der Waals surface area contributed by atoms with E-state index in [2.05, 4.69) is 75.4 Å². The molecule has 3 aromatic rings. The minimum atomic E-state index is -0.499. The summed E-state index contributed by atoms with van der Waals surface area (Å²) in [5, 5.41) is 0.648. The van der Waals surface area contributed by atoms with Gasteiger partial charge in [0, 0.05) is 24.2 Å². The zero-order valence-corrected chi connectivity index (χ0v) is 23.7. The van der Waals surface area contributed by atoms with Gasteiger partial charge in [0.05, 0.1) is 8.95 Å². The predicted octanol–water partition coefficient (Wildman–Crippen LogP) is 8.16. The summed E-state index contributed by atoms with van der Waals surface area (Å²) in [7, 11) is 0. The molecule has 1 heterocycles. The Morgan fingerprint density at radius 1 is 1.03 bits per heavy atom. The average Bonchev–Trinajstić information content (AvgIpc) is 3.11. The molecule has 0 atom stereocenters. The fourth-order valence-corrected chi connectivity index (χ4v) is 5.24. The van der Waals surface area contributed by atoms with Crippen molar-refractivity contribution in [3.63, 3.8) is 0 Å². The van der Waals surface area contributed by atoms with Crippen LogP contribution in [-0.4, -0.2) is 11.9 Å². The molecular formula is C23H12Br3ClINO3. The van der Waals surface area contributed by atoms with Crippen LogP contribution >= 0.6 is 82.0 Å². The van der Waals surface area contributed by atoms with Gasteiger partial charge in [0.15, 0.2) is 5.70 Å². The van der Waals surface area contributed by atoms with Crippen LogP contribution in [0.15, 0.2) is 78.7 Å². The second-order valence-corrected chi connectivity index (χ2v) is 10.8. The van der Waals surface area contributed by atoms with Gasteiger partial charge in [-0.3, -0.25) is 0 Å². The van der Waals surface area contributed by atoms with Gasteiger partial charge >= 0.3 is 5.97 Å². The smallest absolute Gasteiger partial charge is 0.363 e. The van der Waals surface area contributed by atoms with E-state index < -0.39 is 5.97 Å². The molecule has 0 saturated heterocycles. The van der Waals surface area contributed by atoms with Crippen molar-refractivity contribution in [2.75, 3.05) is 0 Å². The highest BCUT2D eigenvalue weighted by atomic mass is 127. The van der Waals surface area contributed by atoms with Crippen LogP contribution in [0.5, 0.6) is 5.75 Å². The molecule has 9 heteroatoms. The lowest BCUT2D eigenvalue weighted by Crippen LogP contribution is -2.05. The highest BCUT2D eigenvalue weighted by Gasteiger charge is 2.25. The van der Waals surface area contributed by atoms with E-state index in [0.29, 0.717) is 17.4 Å². The highest BCUT2D eigenvalue weighted by molar-refractivity contribution is 14.1. The molecule has 0 spiro atoms. The minimum absolute atomic E-state index is 0.221. The molecule has 4 rings (SSSR count). The summed E-state index contributed by atoms with van der Waals surface area (Å²) in [6, 6.07) is 16.9. The number of carbonyl (C=O) groups excluding carboxylic acids is 1. The van der Waals surface area contributed by atoms with Crippen LogP contribution in [0.2, 0.25) is 5.02 Å². The van der Waals surface area contributed by atoms with E-state index in [1.807, 2.05) is 54.6 Å². The molecular weight excluding hydrogens is 740 g/mol. The fourth-order valence-electron chi connectivity index (χ4n) is 2.89. The lowest BCUT2D eigenvalue weighted by Gasteiger charge is -2.12. The van der Waals surface area contributed by atoms with Crippen LogP contribution in [0, 0.1) is 3.57 Å². The molecule has 0 radical (unpaired) electrons. The van der Waals surface area contributed by atoms with E-state index in [1.165, 1.54) is 0 Å². The topological polar surface area (TPSA) is 47.9 Å². The molecule has 0 aromatic heterocycles. The molecule has 0 aliphatic carbocycles. The molecule has 32 heavy (non-hydrogen) atoms. The van der Waals surface area contributed by atoms with E-state index in [0.717, 1.165) is 33.7 Å². The Morgan fingerprint density at radius 3 is 2.44 bits per heavy atom. The van der Waals surface area contributed by atoms with Crippen molar-refractivity contribution >= 4 is 99.9 Å². The van der Waals surface area contributed by atoms with Crippen molar-refractivity contribution < 1.29 is 14.3 Å². The molecule has 3 aromatic carbocycles. The number of rotatable bonds is 5. The van der Waals surface area contributed by atoms with Gasteiger partial charge in [-0.05, 0) is 118 Å². The molecule has 0 bridgehead atoms. The lowest BCUT2D eigenvalue weighted by atomic mass is 10.2. The number of nitrogens with zero attached hydrogens (tertiary/aromatic N) is 1. The second-order valence-electron chi connectivity index (χ2n) is 6.66. The van der Waals surface area contributed by atoms with E-state index in [1.54, 1.807) is 6.08 Å². The lowest BCUT2D eigenvalue weighted by molar-refractivity contribution is -0.129. The molecule has 1 aliphatic heterocycles. The molecule has 0 saturated carbocycles. The Labute approximate surface area is 228 Å². The third-order valence-corrected chi connectivity index (χ3v) is 8.33. The zero-order valence-electron chi connectivity index (χ0n) is 16.0. The molecule has 162 valence electrons. The van der Waals surface area contributed by atoms with E-state index in [-0.39, 0.29) is 11.6 Å². The summed E-state index contributed by atoms with van der Waals surface area (Å²) < 4.78 is 14.7. The summed E-state index contributed by atoms with van der Waals surface area (Å²) in [6.07, 6.45) is 1.67. The maximum Gasteiger partial charge on any atom is 0.363 e. The third kappa shape index (κ3) is 5.47. The molecule has 1 aliphatic rings. The van der Waals surface area contributed by atoms with Crippen LogP contribution in [0.25, 0.3) is 6.08 Å². The van der Waals surface area contributed by atoms with Gasteiger partial charge in [0.1, 0.15) is 12.4 Å².